The number of nitrogens with zero attached hydrogens (tertiary/aromatic N) is 3. The largest absolute Gasteiger partial charge is 0.294 e. The zero-order valence-corrected chi connectivity index (χ0v) is 14.6. The van der Waals surface area contributed by atoms with Crippen molar-refractivity contribution in [2.75, 3.05) is 6.54 Å². The zero-order chi connectivity index (χ0) is 15.8. The van der Waals surface area contributed by atoms with Crippen LogP contribution in [0.3, 0.4) is 0 Å². The Kier molecular flexibility index (Phi) is 4.24. The lowest BCUT2D eigenvalue weighted by atomic mass is 9.83. The van der Waals surface area contributed by atoms with E-state index < -0.39 is 0 Å². The molecule has 2 fully saturated rings. The Labute approximate surface area is 141 Å². The van der Waals surface area contributed by atoms with E-state index in [0.717, 1.165) is 35.4 Å². The van der Waals surface area contributed by atoms with Crippen LogP contribution in [0.15, 0.2) is 16.2 Å². The topological polar surface area (TPSA) is 37.6 Å². The molecule has 23 heavy (non-hydrogen) atoms. The Hall–Kier alpha value is -1.20. The predicted molar refractivity (Wildman–Crippen MR) is 94.1 cm³/mol. The van der Waals surface area contributed by atoms with Crippen LogP contribution in [0.25, 0.3) is 4.96 Å². The van der Waals surface area contributed by atoms with Crippen molar-refractivity contribution in [3.63, 3.8) is 0 Å². The Morgan fingerprint density at radius 2 is 2.04 bits per heavy atom. The van der Waals surface area contributed by atoms with Crippen molar-refractivity contribution in [2.45, 2.75) is 64.5 Å². The molecule has 0 bridgehead atoms. The maximum atomic E-state index is 12.3. The molecule has 0 unspecified atom stereocenters. The molecule has 5 heteroatoms. The summed E-state index contributed by atoms with van der Waals surface area (Å²) in [6.07, 6.45) is 9.60. The van der Waals surface area contributed by atoms with Crippen LogP contribution in [0.5, 0.6) is 0 Å². The van der Waals surface area contributed by atoms with Crippen LogP contribution < -0.4 is 5.56 Å². The zero-order valence-electron chi connectivity index (χ0n) is 13.8. The van der Waals surface area contributed by atoms with Gasteiger partial charge in [-0.25, -0.2) is 4.98 Å². The van der Waals surface area contributed by atoms with Crippen molar-refractivity contribution in [3.05, 3.63) is 33.2 Å². The van der Waals surface area contributed by atoms with Gasteiger partial charge in [0.05, 0.1) is 5.69 Å². The van der Waals surface area contributed by atoms with E-state index >= 15 is 0 Å². The van der Waals surface area contributed by atoms with Crippen molar-refractivity contribution in [1.82, 2.24) is 14.3 Å². The summed E-state index contributed by atoms with van der Waals surface area (Å²) in [5.41, 5.74) is 1.99. The highest BCUT2D eigenvalue weighted by atomic mass is 32.1. The quantitative estimate of drug-likeness (QED) is 0.862. The normalized spacial score (nSPS) is 23.8. The first-order chi connectivity index (χ1) is 11.2. The summed E-state index contributed by atoms with van der Waals surface area (Å²) in [4.78, 5) is 20.5. The molecule has 1 saturated carbocycles. The molecule has 0 N–H and O–H groups in total. The lowest BCUT2D eigenvalue weighted by molar-refractivity contribution is 0.150. The molecule has 2 aromatic rings. The summed E-state index contributed by atoms with van der Waals surface area (Å²) in [5.74, 6) is 0.861. The van der Waals surface area contributed by atoms with Crippen molar-refractivity contribution < 1.29 is 0 Å². The number of likely N-dealkylation sites (tertiary alicyclic amines) is 1. The van der Waals surface area contributed by atoms with Crippen LogP contribution in [0.1, 0.15) is 56.3 Å². The van der Waals surface area contributed by atoms with Gasteiger partial charge in [-0.05, 0) is 45.1 Å². The predicted octanol–water partition coefficient (Wildman–Crippen LogP) is 3.61. The molecular formula is C18H25N3OS. The second kappa shape index (κ2) is 6.36. The third-order valence-electron chi connectivity index (χ3n) is 5.60. The number of rotatable bonds is 3. The summed E-state index contributed by atoms with van der Waals surface area (Å²) in [7, 11) is 0. The molecule has 0 spiro atoms. The van der Waals surface area contributed by atoms with Crippen LogP contribution in [0.4, 0.5) is 0 Å². The molecular weight excluding hydrogens is 306 g/mol. The Morgan fingerprint density at radius 3 is 2.87 bits per heavy atom. The molecule has 2 aromatic heterocycles. The van der Waals surface area contributed by atoms with Gasteiger partial charge in [0.15, 0.2) is 4.96 Å². The molecule has 0 radical (unpaired) electrons. The summed E-state index contributed by atoms with van der Waals surface area (Å²) in [6.45, 7) is 3.96. The van der Waals surface area contributed by atoms with Gasteiger partial charge in [0.1, 0.15) is 0 Å². The number of fused-ring (bicyclic) bond motifs is 1. The first-order valence-corrected chi connectivity index (χ1v) is 9.81. The molecule has 0 amide bonds. The van der Waals surface area contributed by atoms with Gasteiger partial charge in [-0.15, -0.1) is 11.3 Å². The lowest BCUT2D eigenvalue weighted by Crippen LogP contribution is -2.36. The molecule has 1 aliphatic heterocycles. The number of hydrogen-bond donors (Lipinski definition) is 0. The Balaban J connectivity index is 1.55. The molecule has 3 heterocycles. The number of aryl methyl sites for hydroxylation is 1. The van der Waals surface area contributed by atoms with Crippen LogP contribution >= 0.6 is 11.3 Å². The fourth-order valence-corrected chi connectivity index (χ4v) is 5.38. The van der Waals surface area contributed by atoms with Crippen LogP contribution in [0, 0.1) is 12.8 Å². The van der Waals surface area contributed by atoms with Gasteiger partial charge in [0.25, 0.3) is 5.56 Å². The summed E-state index contributed by atoms with van der Waals surface area (Å²) in [5, 5.41) is 2.01. The van der Waals surface area contributed by atoms with Gasteiger partial charge in [-0.1, -0.05) is 19.3 Å². The van der Waals surface area contributed by atoms with E-state index in [9.17, 15) is 4.79 Å². The highest BCUT2D eigenvalue weighted by Crippen LogP contribution is 2.34. The van der Waals surface area contributed by atoms with E-state index in [2.05, 4.69) is 4.90 Å². The lowest BCUT2D eigenvalue weighted by Gasteiger charge is -2.33. The minimum atomic E-state index is 0.0668. The molecule has 1 saturated heterocycles. The third kappa shape index (κ3) is 2.96. The first kappa shape index (κ1) is 15.3. The monoisotopic (exact) mass is 331 g/mol. The summed E-state index contributed by atoms with van der Waals surface area (Å²) in [6, 6.07) is 2.45. The van der Waals surface area contributed by atoms with E-state index in [1.54, 1.807) is 21.8 Å². The maximum absolute atomic E-state index is 12.3. The van der Waals surface area contributed by atoms with Crippen molar-refractivity contribution >= 4 is 16.3 Å². The third-order valence-corrected chi connectivity index (χ3v) is 6.55. The van der Waals surface area contributed by atoms with Crippen molar-refractivity contribution in [3.8, 4) is 0 Å². The van der Waals surface area contributed by atoms with E-state index in [-0.39, 0.29) is 5.56 Å². The molecule has 1 aliphatic carbocycles. The highest BCUT2D eigenvalue weighted by Gasteiger charge is 2.32. The van der Waals surface area contributed by atoms with Crippen LogP contribution in [-0.4, -0.2) is 26.9 Å². The maximum Gasteiger partial charge on any atom is 0.259 e. The second-order valence-corrected chi connectivity index (χ2v) is 8.00. The summed E-state index contributed by atoms with van der Waals surface area (Å²) >= 11 is 1.56. The summed E-state index contributed by atoms with van der Waals surface area (Å²) < 4.78 is 1.72. The fourth-order valence-electron chi connectivity index (χ4n) is 4.49. The van der Waals surface area contributed by atoms with Crippen LogP contribution in [-0.2, 0) is 6.54 Å². The van der Waals surface area contributed by atoms with Crippen LogP contribution in [0.2, 0.25) is 0 Å². The first-order valence-electron chi connectivity index (χ1n) is 8.93. The van der Waals surface area contributed by atoms with E-state index in [1.807, 2.05) is 12.3 Å². The molecule has 1 atom stereocenters. The van der Waals surface area contributed by atoms with Gasteiger partial charge in [0, 0.05) is 29.7 Å². The molecule has 124 valence electrons. The average Bonchev–Trinajstić information content (AvgIpc) is 3.15. The standard InChI is InChI=1S/C18H25N3OS/c1-13-12-23-18-19-15(10-17(22)21(13)18)11-20-9-5-8-16(20)14-6-3-2-4-7-14/h10,12,14,16H,2-9,11H2,1H3/t16-/m1/s1. The number of aromatic nitrogens is 2. The number of hydrogen-bond acceptors (Lipinski definition) is 4. The Bertz CT molecular complexity index is 744. The second-order valence-electron chi connectivity index (χ2n) is 7.16. The van der Waals surface area contributed by atoms with E-state index in [4.69, 9.17) is 4.98 Å². The van der Waals surface area contributed by atoms with E-state index in [0.29, 0.717) is 6.04 Å². The molecule has 4 rings (SSSR count). The number of thiazole rings is 1. The average molecular weight is 331 g/mol. The molecule has 0 aromatic carbocycles. The van der Waals surface area contributed by atoms with Gasteiger partial charge in [0.2, 0.25) is 0 Å². The molecule has 2 aliphatic rings. The van der Waals surface area contributed by atoms with Gasteiger partial charge in [-0.2, -0.15) is 0 Å². The van der Waals surface area contributed by atoms with Crippen molar-refractivity contribution in [1.29, 1.82) is 0 Å². The fraction of sp³-hybridized carbons (Fsp3) is 0.667. The van der Waals surface area contributed by atoms with Crippen molar-refractivity contribution in [2.24, 2.45) is 5.92 Å². The highest BCUT2D eigenvalue weighted by molar-refractivity contribution is 7.15. The van der Waals surface area contributed by atoms with Gasteiger partial charge < -0.3 is 0 Å². The minimum Gasteiger partial charge on any atom is -0.294 e. The Morgan fingerprint density at radius 1 is 1.22 bits per heavy atom. The van der Waals surface area contributed by atoms with Gasteiger partial charge >= 0.3 is 0 Å². The van der Waals surface area contributed by atoms with Gasteiger partial charge in [-0.3, -0.25) is 14.1 Å². The minimum absolute atomic E-state index is 0.0668. The molecule has 4 nitrogen and oxygen atoms in total. The smallest absolute Gasteiger partial charge is 0.259 e. The SMILES string of the molecule is Cc1csc2nc(CN3CCC[C@@H]3C3CCCCC3)cc(=O)n12. The van der Waals surface area contributed by atoms with E-state index in [1.165, 1.54) is 44.9 Å².